The number of amides is 4. The van der Waals surface area contributed by atoms with Crippen molar-refractivity contribution in [3.63, 3.8) is 0 Å². The number of anilines is 2. The molecule has 33 heavy (non-hydrogen) atoms. The standard InChI is InChI=1S/C25H30N4O4/c30-22-10-4-5-15-29(22)23(18-7-2-1-3-8-18)24(31)27-19-11-13-20(14-12-19)28-25(32)26-17-21-9-6-16-33-21/h1-3,7-8,11-14,21,23H,4-6,9-10,15-17H2,(H,27,31)(H2,26,28,32). The lowest BCUT2D eigenvalue weighted by Gasteiger charge is -2.34. The number of hydrogen-bond donors (Lipinski definition) is 3. The van der Waals surface area contributed by atoms with Gasteiger partial charge < -0.3 is 25.6 Å². The van der Waals surface area contributed by atoms with Crippen molar-refractivity contribution in [3.05, 3.63) is 60.2 Å². The zero-order valence-corrected chi connectivity index (χ0v) is 18.6. The van der Waals surface area contributed by atoms with Crippen LogP contribution in [-0.4, -0.2) is 48.5 Å². The van der Waals surface area contributed by atoms with Crippen LogP contribution >= 0.6 is 0 Å². The Kier molecular flexibility index (Phi) is 7.57. The van der Waals surface area contributed by atoms with Crippen molar-refractivity contribution in [2.75, 3.05) is 30.3 Å². The molecule has 0 radical (unpaired) electrons. The number of rotatable bonds is 7. The van der Waals surface area contributed by atoms with Crippen LogP contribution in [0.2, 0.25) is 0 Å². The molecule has 0 aliphatic carbocycles. The van der Waals surface area contributed by atoms with E-state index in [0.717, 1.165) is 37.9 Å². The second-order valence-electron chi connectivity index (χ2n) is 8.39. The highest BCUT2D eigenvalue weighted by Gasteiger charge is 2.32. The first-order chi connectivity index (χ1) is 16.1. The fourth-order valence-electron chi connectivity index (χ4n) is 4.24. The van der Waals surface area contributed by atoms with Crippen LogP contribution in [0.1, 0.15) is 43.7 Å². The van der Waals surface area contributed by atoms with Gasteiger partial charge in [0.1, 0.15) is 6.04 Å². The number of carbonyl (C=O) groups excluding carboxylic acids is 3. The molecule has 2 aromatic carbocycles. The largest absolute Gasteiger partial charge is 0.376 e. The highest BCUT2D eigenvalue weighted by atomic mass is 16.5. The van der Waals surface area contributed by atoms with Crippen LogP contribution in [0.4, 0.5) is 16.2 Å². The van der Waals surface area contributed by atoms with Crippen LogP contribution in [-0.2, 0) is 14.3 Å². The van der Waals surface area contributed by atoms with E-state index in [-0.39, 0.29) is 23.9 Å². The van der Waals surface area contributed by atoms with E-state index < -0.39 is 6.04 Å². The first-order valence-corrected chi connectivity index (χ1v) is 11.5. The number of piperidine rings is 1. The third kappa shape index (κ3) is 6.10. The molecule has 8 heteroatoms. The molecule has 2 atom stereocenters. The van der Waals surface area contributed by atoms with Crippen molar-refractivity contribution < 1.29 is 19.1 Å². The summed E-state index contributed by atoms with van der Waals surface area (Å²) in [6, 6.07) is 15.3. The molecule has 0 spiro atoms. The van der Waals surface area contributed by atoms with E-state index in [1.807, 2.05) is 30.3 Å². The molecular weight excluding hydrogens is 420 g/mol. The minimum atomic E-state index is -0.680. The fraction of sp³-hybridized carbons (Fsp3) is 0.400. The summed E-state index contributed by atoms with van der Waals surface area (Å²) < 4.78 is 5.50. The van der Waals surface area contributed by atoms with Crippen LogP contribution in [0.25, 0.3) is 0 Å². The number of carbonyl (C=O) groups is 3. The van der Waals surface area contributed by atoms with Gasteiger partial charge in [-0.05, 0) is 55.5 Å². The molecule has 2 heterocycles. The van der Waals surface area contributed by atoms with Crippen molar-refractivity contribution in [2.24, 2.45) is 0 Å². The average Bonchev–Trinajstić information content (AvgIpc) is 3.35. The molecule has 4 rings (SSSR count). The van der Waals surface area contributed by atoms with Crippen LogP contribution in [0.5, 0.6) is 0 Å². The molecule has 2 aliphatic rings. The average molecular weight is 451 g/mol. The highest BCUT2D eigenvalue weighted by molar-refractivity contribution is 5.98. The van der Waals surface area contributed by atoms with Crippen molar-refractivity contribution >= 4 is 29.2 Å². The summed E-state index contributed by atoms with van der Waals surface area (Å²) in [5.41, 5.74) is 1.99. The highest BCUT2D eigenvalue weighted by Crippen LogP contribution is 2.27. The Morgan fingerprint density at radius 2 is 1.70 bits per heavy atom. The maximum atomic E-state index is 13.2. The number of nitrogens with zero attached hydrogens (tertiary/aromatic N) is 1. The number of ether oxygens (including phenoxy) is 1. The minimum Gasteiger partial charge on any atom is -0.376 e. The maximum Gasteiger partial charge on any atom is 0.319 e. The summed E-state index contributed by atoms with van der Waals surface area (Å²) in [5, 5.41) is 8.52. The summed E-state index contributed by atoms with van der Waals surface area (Å²) in [7, 11) is 0. The van der Waals surface area contributed by atoms with Gasteiger partial charge in [0.05, 0.1) is 6.10 Å². The summed E-state index contributed by atoms with van der Waals surface area (Å²) in [5.74, 6) is -0.259. The van der Waals surface area contributed by atoms with E-state index in [4.69, 9.17) is 4.74 Å². The summed E-state index contributed by atoms with van der Waals surface area (Å²) in [6.45, 7) is 1.80. The van der Waals surface area contributed by atoms with Gasteiger partial charge in [0.2, 0.25) is 5.91 Å². The van der Waals surface area contributed by atoms with Crippen molar-refractivity contribution in [1.82, 2.24) is 10.2 Å². The monoisotopic (exact) mass is 450 g/mol. The van der Waals surface area contributed by atoms with Gasteiger partial charge in [0, 0.05) is 37.5 Å². The van der Waals surface area contributed by atoms with Gasteiger partial charge in [-0.3, -0.25) is 9.59 Å². The van der Waals surface area contributed by atoms with Crippen LogP contribution in [0.3, 0.4) is 0 Å². The molecule has 3 N–H and O–H groups in total. The molecule has 0 bridgehead atoms. The minimum absolute atomic E-state index is 0.00110. The molecule has 4 amide bonds. The van der Waals surface area contributed by atoms with Crippen LogP contribution in [0.15, 0.2) is 54.6 Å². The second kappa shape index (κ2) is 11.0. The van der Waals surface area contributed by atoms with E-state index in [0.29, 0.717) is 30.9 Å². The zero-order valence-electron chi connectivity index (χ0n) is 18.6. The van der Waals surface area contributed by atoms with Crippen molar-refractivity contribution in [2.45, 2.75) is 44.2 Å². The fourth-order valence-corrected chi connectivity index (χ4v) is 4.24. The Hall–Kier alpha value is -3.39. The molecule has 2 aromatic rings. The molecule has 2 aliphatic heterocycles. The molecular formula is C25H30N4O4. The number of urea groups is 1. The first kappa shape index (κ1) is 22.8. The number of likely N-dealkylation sites (tertiary alicyclic amines) is 1. The van der Waals surface area contributed by atoms with Crippen molar-refractivity contribution in [1.29, 1.82) is 0 Å². The van der Waals surface area contributed by atoms with Gasteiger partial charge in [-0.1, -0.05) is 30.3 Å². The molecule has 2 unspecified atom stereocenters. The quantitative estimate of drug-likeness (QED) is 0.599. The van der Waals surface area contributed by atoms with Crippen LogP contribution in [0, 0.1) is 0 Å². The summed E-state index contributed by atoms with van der Waals surface area (Å²) >= 11 is 0. The summed E-state index contributed by atoms with van der Waals surface area (Å²) in [4.78, 5) is 39.5. The Bertz CT molecular complexity index is 958. The van der Waals surface area contributed by atoms with E-state index >= 15 is 0 Å². The Morgan fingerprint density at radius 1 is 0.970 bits per heavy atom. The lowest BCUT2D eigenvalue weighted by molar-refractivity contribution is -0.141. The predicted molar refractivity (Wildman–Crippen MR) is 126 cm³/mol. The lowest BCUT2D eigenvalue weighted by atomic mass is 10.0. The second-order valence-corrected chi connectivity index (χ2v) is 8.39. The van der Waals surface area contributed by atoms with Gasteiger partial charge in [-0.25, -0.2) is 4.79 Å². The van der Waals surface area contributed by atoms with Gasteiger partial charge in [-0.2, -0.15) is 0 Å². The zero-order chi connectivity index (χ0) is 23.0. The van der Waals surface area contributed by atoms with E-state index in [1.54, 1.807) is 29.2 Å². The Morgan fingerprint density at radius 3 is 2.36 bits per heavy atom. The first-order valence-electron chi connectivity index (χ1n) is 11.5. The number of nitrogens with one attached hydrogen (secondary N) is 3. The topological polar surface area (TPSA) is 99.8 Å². The maximum absolute atomic E-state index is 13.2. The molecule has 0 saturated carbocycles. The van der Waals surface area contributed by atoms with Gasteiger partial charge in [0.15, 0.2) is 0 Å². The van der Waals surface area contributed by atoms with Crippen LogP contribution < -0.4 is 16.0 Å². The molecule has 2 saturated heterocycles. The predicted octanol–water partition coefficient (Wildman–Crippen LogP) is 3.68. The van der Waals surface area contributed by atoms with E-state index in [9.17, 15) is 14.4 Å². The number of benzene rings is 2. The molecule has 2 fully saturated rings. The van der Waals surface area contributed by atoms with Gasteiger partial charge in [-0.15, -0.1) is 0 Å². The number of hydrogen-bond acceptors (Lipinski definition) is 4. The molecule has 0 aromatic heterocycles. The SMILES string of the molecule is O=C(NCC1CCCO1)Nc1ccc(NC(=O)C(c2ccccc2)N2CCCCC2=O)cc1. The van der Waals surface area contributed by atoms with Gasteiger partial charge in [0.25, 0.3) is 5.91 Å². The normalized spacial score (nSPS) is 19.1. The Balaban J connectivity index is 1.37. The molecule has 8 nitrogen and oxygen atoms in total. The third-order valence-electron chi connectivity index (χ3n) is 5.96. The lowest BCUT2D eigenvalue weighted by Crippen LogP contribution is -2.43. The van der Waals surface area contributed by atoms with E-state index in [2.05, 4.69) is 16.0 Å². The van der Waals surface area contributed by atoms with Crippen molar-refractivity contribution in [3.8, 4) is 0 Å². The smallest absolute Gasteiger partial charge is 0.319 e. The Labute approximate surface area is 193 Å². The molecule has 174 valence electrons. The van der Waals surface area contributed by atoms with E-state index in [1.165, 1.54) is 0 Å². The summed E-state index contributed by atoms with van der Waals surface area (Å²) in [6.07, 6.45) is 4.27. The van der Waals surface area contributed by atoms with Gasteiger partial charge >= 0.3 is 6.03 Å². The third-order valence-corrected chi connectivity index (χ3v) is 5.96.